The van der Waals surface area contributed by atoms with Gasteiger partial charge in [0.2, 0.25) is 0 Å². The summed E-state index contributed by atoms with van der Waals surface area (Å²) in [5, 5.41) is 4.67. The molecule has 0 spiro atoms. The van der Waals surface area contributed by atoms with E-state index in [1.54, 1.807) is 6.08 Å². The number of piperazine rings is 1. The molecular weight excluding hydrogens is 381 g/mol. The molecule has 29 heavy (non-hydrogen) atoms. The van der Waals surface area contributed by atoms with Crippen LogP contribution in [0.5, 0.6) is 0 Å². The summed E-state index contributed by atoms with van der Waals surface area (Å²) in [6.45, 7) is 8.33. The summed E-state index contributed by atoms with van der Waals surface area (Å²) >= 11 is 0. The number of rotatable bonds is 2. The molecule has 5 rings (SSSR count). The van der Waals surface area contributed by atoms with Crippen molar-refractivity contribution in [2.75, 3.05) is 13.1 Å². The van der Waals surface area contributed by atoms with Crippen molar-refractivity contribution in [3.05, 3.63) is 65.9 Å². The Hall–Kier alpha value is -2.43. The van der Waals surface area contributed by atoms with E-state index >= 15 is 0 Å². The van der Waals surface area contributed by atoms with Crippen LogP contribution in [0.2, 0.25) is 0 Å². The molecule has 0 bridgehead atoms. The zero-order valence-corrected chi connectivity index (χ0v) is 18.0. The van der Waals surface area contributed by atoms with Gasteiger partial charge in [0.05, 0.1) is 17.2 Å². The summed E-state index contributed by atoms with van der Waals surface area (Å²) in [6.07, 6.45) is 12.3. The van der Waals surface area contributed by atoms with Crippen LogP contribution in [0, 0.1) is 6.92 Å². The maximum atomic E-state index is 13.0. The van der Waals surface area contributed by atoms with Gasteiger partial charge in [-0.15, -0.1) is 0 Å². The van der Waals surface area contributed by atoms with Crippen LogP contribution >= 0.6 is 8.58 Å². The minimum absolute atomic E-state index is 0.0590. The van der Waals surface area contributed by atoms with Gasteiger partial charge in [0.25, 0.3) is 5.91 Å². The highest BCUT2D eigenvalue weighted by Crippen LogP contribution is 2.44. The maximum absolute atomic E-state index is 13.0. The van der Waals surface area contributed by atoms with Crippen molar-refractivity contribution in [3.63, 3.8) is 0 Å². The number of carbonyl (C=O) groups excluding carboxylic acids is 1. The number of aromatic nitrogens is 2. The fraction of sp³-hybridized carbons (Fsp3) is 0.364. The third kappa shape index (κ3) is 3.52. The standard InChI is InChI=1S/C22H26N5OP/c1-14-9-25(10-15(2)23-14)18-5-7-22-27(13-18)21(28)8-19(29-22)17-4-6-20-24-16(3)11-26(20)12-17/h4-8,11-15,22-23,29H,9-10H2,1-3H3/t14-,15+,22?. The first-order chi connectivity index (χ1) is 14.0. The summed E-state index contributed by atoms with van der Waals surface area (Å²) < 4.78 is 2.04. The van der Waals surface area contributed by atoms with Gasteiger partial charge in [-0.2, -0.15) is 0 Å². The van der Waals surface area contributed by atoms with Crippen LogP contribution in [0.25, 0.3) is 11.0 Å². The van der Waals surface area contributed by atoms with Crippen LogP contribution in [0.15, 0.2) is 54.7 Å². The number of hydrogen-bond donors (Lipinski definition) is 1. The Morgan fingerprint density at radius 2 is 1.97 bits per heavy atom. The minimum atomic E-state index is 0.0590. The lowest BCUT2D eigenvalue weighted by atomic mass is 10.1. The number of amides is 1. The molecule has 0 saturated carbocycles. The van der Waals surface area contributed by atoms with Gasteiger partial charge in [0, 0.05) is 49.8 Å². The van der Waals surface area contributed by atoms with Crippen LogP contribution in [-0.2, 0) is 4.79 Å². The molecule has 1 fully saturated rings. The van der Waals surface area contributed by atoms with Crippen LogP contribution in [0.1, 0.15) is 25.1 Å². The van der Waals surface area contributed by atoms with E-state index in [4.69, 9.17) is 0 Å². The molecule has 3 aliphatic heterocycles. The van der Waals surface area contributed by atoms with Crippen molar-refractivity contribution in [3.8, 4) is 0 Å². The first-order valence-electron chi connectivity index (χ1n) is 10.1. The SMILES string of the molecule is Cc1cn2cc(C3=CC(=O)N4C=C(N5C[C@@H](C)N[C@@H](C)C5)C=CC4P3)ccc2n1. The molecule has 7 heteroatoms. The van der Waals surface area contributed by atoms with Gasteiger partial charge in [-0.05, 0) is 49.9 Å². The maximum Gasteiger partial charge on any atom is 0.252 e. The molecule has 4 atom stereocenters. The van der Waals surface area contributed by atoms with Gasteiger partial charge in [-0.25, -0.2) is 4.98 Å². The molecule has 5 heterocycles. The Bertz CT molecular complexity index is 1060. The average molecular weight is 407 g/mol. The second-order valence-electron chi connectivity index (χ2n) is 8.25. The van der Waals surface area contributed by atoms with Crippen molar-refractivity contribution in [2.45, 2.75) is 38.6 Å². The summed E-state index contributed by atoms with van der Waals surface area (Å²) in [5.74, 6) is 0.160. The Labute approximate surface area is 172 Å². The Kier molecular flexibility index (Phi) is 4.56. The number of fused-ring (bicyclic) bond motifs is 2. The molecule has 6 nitrogen and oxygen atoms in total. The predicted octanol–water partition coefficient (Wildman–Crippen LogP) is 2.92. The van der Waals surface area contributed by atoms with Gasteiger partial charge in [0.1, 0.15) is 5.65 Å². The topological polar surface area (TPSA) is 52.9 Å². The molecular formula is C22H26N5OP. The molecule has 0 radical (unpaired) electrons. The van der Waals surface area contributed by atoms with Crippen molar-refractivity contribution in [2.24, 2.45) is 0 Å². The van der Waals surface area contributed by atoms with E-state index in [0.717, 1.165) is 41.0 Å². The zero-order valence-electron chi connectivity index (χ0n) is 17.0. The summed E-state index contributed by atoms with van der Waals surface area (Å²) in [6, 6.07) is 4.98. The van der Waals surface area contributed by atoms with Gasteiger partial charge in [-0.3, -0.25) is 4.79 Å². The summed E-state index contributed by atoms with van der Waals surface area (Å²) in [4.78, 5) is 21.7. The predicted molar refractivity (Wildman–Crippen MR) is 118 cm³/mol. The van der Waals surface area contributed by atoms with E-state index in [9.17, 15) is 4.79 Å². The molecule has 2 aromatic rings. The second kappa shape index (κ2) is 7.12. The molecule has 0 aromatic carbocycles. The van der Waals surface area contributed by atoms with Crippen molar-refractivity contribution < 1.29 is 4.79 Å². The fourth-order valence-corrected chi connectivity index (χ4v) is 5.81. The lowest BCUT2D eigenvalue weighted by molar-refractivity contribution is -0.123. The van der Waals surface area contributed by atoms with Crippen LogP contribution in [0.4, 0.5) is 0 Å². The molecule has 3 aliphatic rings. The lowest BCUT2D eigenvalue weighted by Gasteiger charge is -2.41. The zero-order chi connectivity index (χ0) is 20.1. The number of carbonyl (C=O) groups is 1. The van der Waals surface area contributed by atoms with E-state index in [1.807, 2.05) is 34.7 Å². The van der Waals surface area contributed by atoms with Gasteiger partial charge in [-0.1, -0.05) is 14.7 Å². The van der Waals surface area contributed by atoms with Gasteiger partial charge in [0.15, 0.2) is 0 Å². The highest BCUT2D eigenvalue weighted by molar-refractivity contribution is 7.51. The number of imidazole rings is 1. The highest BCUT2D eigenvalue weighted by Gasteiger charge is 2.31. The largest absolute Gasteiger partial charge is 0.367 e. The molecule has 1 N–H and O–H groups in total. The molecule has 1 saturated heterocycles. The van der Waals surface area contributed by atoms with Crippen molar-refractivity contribution in [1.82, 2.24) is 24.5 Å². The van der Waals surface area contributed by atoms with Gasteiger partial charge < -0.3 is 19.5 Å². The van der Waals surface area contributed by atoms with Crippen LogP contribution in [-0.4, -0.2) is 56.0 Å². The molecule has 150 valence electrons. The number of pyridine rings is 1. The molecule has 1 amide bonds. The lowest BCUT2D eigenvalue weighted by Crippen LogP contribution is -2.54. The molecule has 2 aromatic heterocycles. The first kappa shape index (κ1) is 18.6. The minimum Gasteiger partial charge on any atom is -0.367 e. The van der Waals surface area contributed by atoms with Crippen LogP contribution < -0.4 is 5.32 Å². The smallest absolute Gasteiger partial charge is 0.252 e. The Morgan fingerprint density at radius 1 is 1.17 bits per heavy atom. The van der Waals surface area contributed by atoms with E-state index in [0.29, 0.717) is 20.7 Å². The van der Waals surface area contributed by atoms with E-state index < -0.39 is 0 Å². The van der Waals surface area contributed by atoms with Crippen molar-refractivity contribution in [1.29, 1.82) is 0 Å². The third-order valence-electron chi connectivity index (χ3n) is 5.65. The Morgan fingerprint density at radius 3 is 2.76 bits per heavy atom. The fourth-order valence-electron chi connectivity index (χ4n) is 4.43. The second-order valence-corrected chi connectivity index (χ2v) is 9.66. The molecule has 2 unspecified atom stereocenters. The highest BCUT2D eigenvalue weighted by atomic mass is 31.1. The average Bonchev–Trinajstić information content (AvgIpc) is 3.06. The number of nitrogens with zero attached hydrogens (tertiary/aromatic N) is 4. The number of hydrogen-bond acceptors (Lipinski definition) is 4. The normalized spacial score (nSPS) is 28.0. The van der Waals surface area contributed by atoms with E-state index in [1.165, 1.54) is 0 Å². The summed E-state index contributed by atoms with van der Waals surface area (Å²) in [5.41, 5.74) is 4.15. The Balaban J connectivity index is 1.40. The first-order valence-corrected chi connectivity index (χ1v) is 11.2. The third-order valence-corrected chi connectivity index (χ3v) is 7.16. The van der Waals surface area contributed by atoms with Gasteiger partial charge >= 0.3 is 0 Å². The number of aryl methyl sites for hydroxylation is 1. The van der Waals surface area contributed by atoms with Crippen LogP contribution in [0.3, 0.4) is 0 Å². The van der Waals surface area contributed by atoms with E-state index in [-0.39, 0.29) is 11.7 Å². The van der Waals surface area contributed by atoms with Crippen molar-refractivity contribution >= 4 is 25.4 Å². The number of nitrogens with one attached hydrogen (secondary N) is 1. The van der Waals surface area contributed by atoms with E-state index in [2.05, 4.69) is 53.5 Å². The number of allylic oxidation sites excluding steroid dienone is 1. The quantitative estimate of drug-likeness (QED) is 0.778. The molecule has 0 aliphatic carbocycles. The monoisotopic (exact) mass is 407 g/mol. The summed E-state index contributed by atoms with van der Waals surface area (Å²) in [7, 11) is 0.523.